The van der Waals surface area contributed by atoms with Gasteiger partial charge in [0.05, 0.1) is 21.2 Å². The largest absolute Gasteiger partial charge is 0.417 e. The summed E-state index contributed by atoms with van der Waals surface area (Å²) in [6.45, 7) is 1.66. The molecule has 0 heterocycles. The van der Waals surface area contributed by atoms with Gasteiger partial charge in [-0.05, 0) is 60.6 Å². The summed E-state index contributed by atoms with van der Waals surface area (Å²) in [7, 11) is -4.34. The summed E-state index contributed by atoms with van der Waals surface area (Å²) >= 11 is 7.42. The van der Waals surface area contributed by atoms with Crippen LogP contribution in [-0.4, -0.2) is 33.2 Å². The van der Waals surface area contributed by atoms with E-state index < -0.39 is 39.2 Å². The second kappa shape index (κ2) is 12.7. The van der Waals surface area contributed by atoms with Gasteiger partial charge in [-0.1, -0.05) is 54.1 Å². The van der Waals surface area contributed by atoms with Crippen molar-refractivity contribution in [3.05, 3.63) is 94.5 Å². The van der Waals surface area contributed by atoms with Gasteiger partial charge in [-0.2, -0.15) is 24.9 Å². The van der Waals surface area contributed by atoms with Crippen molar-refractivity contribution in [2.75, 3.05) is 23.1 Å². The van der Waals surface area contributed by atoms with Crippen LogP contribution in [-0.2, 0) is 26.7 Å². The molecule has 0 saturated heterocycles. The Hall–Kier alpha value is -2.69. The number of anilines is 1. The molecule has 0 aromatic heterocycles. The average molecular weight is 571 g/mol. The van der Waals surface area contributed by atoms with E-state index in [1.807, 2.05) is 25.1 Å². The molecule has 0 spiro atoms. The van der Waals surface area contributed by atoms with E-state index in [9.17, 15) is 26.4 Å². The molecule has 5 nitrogen and oxygen atoms in total. The zero-order valence-corrected chi connectivity index (χ0v) is 22.4. The normalized spacial score (nSPS) is 11.8. The summed E-state index contributed by atoms with van der Waals surface area (Å²) in [5, 5.41) is 2.10. The maximum atomic E-state index is 13.4. The van der Waals surface area contributed by atoms with Gasteiger partial charge in [0.25, 0.3) is 10.0 Å². The van der Waals surface area contributed by atoms with E-state index in [1.165, 1.54) is 35.4 Å². The highest BCUT2D eigenvalue weighted by Crippen LogP contribution is 2.38. The predicted octanol–water partition coefficient (Wildman–Crippen LogP) is 6.30. The van der Waals surface area contributed by atoms with Crippen LogP contribution in [0.4, 0.5) is 18.9 Å². The highest BCUT2D eigenvalue weighted by Gasteiger charge is 2.35. The number of sulfonamides is 1. The topological polar surface area (TPSA) is 66.5 Å². The molecule has 0 fully saturated rings. The Bertz CT molecular complexity index is 1320. The van der Waals surface area contributed by atoms with E-state index in [-0.39, 0.29) is 10.6 Å². The lowest BCUT2D eigenvalue weighted by atomic mass is 10.1. The van der Waals surface area contributed by atoms with Gasteiger partial charge in [0, 0.05) is 12.3 Å². The first-order valence-corrected chi connectivity index (χ1v) is 14.3. The van der Waals surface area contributed by atoms with Crippen molar-refractivity contribution in [3.8, 4) is 0 Å². The molecule has 0 aliphatic carbocycles. The van der Waals surface area contributed by atoms with E-state index in [0.717, 1.165) is 23.6 Å². The molecule has 3 aromatic carbocycles. The van der Waals surface area contributed by atoms with Crippen molar-refractivity contribution in [3.63, 3.8) is 0 Å². The number of hydrogen-bond donors (Lipinski definition) is 1. The van der Waals surface area contributed by atoms with Gasteiger partial charge in [0.2, 0.25) is 5.91 Å². The van der Waals surface area contributed by atoms with Crippen molar-refractivity contribution in [1.82, 2.24) is 5.32 Å². The van der Waals surface area contributed by atoms with Gasteiger partial charge in [0.15, 0.2) is 0 Å². The Morgan fingerprint density at radius 1 is 1.03 bits per heavy atom. The second-order valence-corrected chi connectivity index (χ2v) is 11.5. The number of nitrogens with zero attached hydrogens (tertiary/aromatic N) is 1. The maximum Gasteiger partial charge on any atom is 0.417 e. The van der Waals surface area contributed by atoms with E-state index in [2.05, 4.69) is 11.4 Å². The minimum absolute atomic E-state index is 0.154. The third kappa shape index (κ3) is 7.90. The van der Waals surface area contributed by atoms with Crippen molar-refractivity contribution in [2.24, 2.45) is 0 Å². The number of carbonyl (C=O) groups excluding carboxylic acids is 1. The van der Waals surface area contributed by atoms with Gasteiger partial charge in [-0.15, -0.1) is 0 Å². The minimum atomic E-state index is -4.80. The summed E-state index contributed by atoms with van der Waals surface area (Å²) in [5.74, 6) is 0.973. The number of amides is 1. The van der Waals surface area contributed by atoms with Crippen LogP contribution in [0.5, 0.6) is 0 Å². The summed E-state index contributed by atoms with van der Waals surface area (Å²) in [4.78, 5) is 12.5. The molecule has 0 aliphatic rings. The fourth-order valence-electron chi connectivity index (χ4n) is 3.46. The zero-order valence-electron chi connectivity index (χ0n) is 20.0. The van der Waals surface area contributed by atoms with Crippen molar-refractivity contribution < 1.29 is 26.4 Å². The van der Waals surface area contributed by atoms with Gasteiger partial charge >= 0.3 is 6.18 Å². The van der Waals surface area contributed by atoms with Crippen LogP contribution in [0.1, 0.15) is 23.1 Å². The number of benzene rings is 3. The smallest absolute Gasteiger partial charge is 0.354 e. The number of halogens is 4. The van der Waals surface area contributed by atoms with Crippen LogP contribution >= 0.6 is 23.4 Å². The number of aryl methyl sites for hydroxylation is 1. The van der Waals surface area contributed by atoms with E-state index >= 15 is 0 Å². The standard InChI is InChI=1S/C26H26ClF3N2O3S2/c1-19-8-5-6-9-20(19)18-36-15-7-14-31-25(33)17-32(37(34,35)22-10-3-2-4-11-22)21-12-13-24(27)23(16-21)26(28,29)30/h2-6,8-13,16H,7,14-15,17-18H2,1H3,(H,31,33). The molecule has 1 N–H and O–H groups in total. The fourth-order valence-corrected chi connectivity index (χ4v) is 6.16. The monoisotopic (exact) mass is 570 g/mol. The lowest BCUT2D eigenvalue weighted by Gasteiger charge is -2.25. The van der Waals surface area contributed by atoms with Gasteiger partial charge in [-0.3, -0.25) is 9.10 Å². The Morgan fingerprint density at radius 3 is 2.38 bits per heavy atom. The number of nitrogens with one attached hydrogen (secondary N) is 1. The summed E-state index contributed by atoms with van der Waals surface area (Å²) in [6, 6.07) is 18.0. The van der Waals surface area contributed by atoms with E-state index in [0.29, 0.717) is 23.3 Å². The SMILES string of the molecule is Cc1ccccc1CSCCCNC(=O)CN(c1ccc(Cl)c(C(F)(F)F)c1)S(=O)(=O)c1ccccc1. The number of hydrogen-bond acceptors (Lipinski definition) is 4. The van der Waals surface area contributed by atoms with E-state index in [4.69, 9.17) is 11.6 Å². The third-order valence-corrected chi connectivity index (χ3v) is 8.68. The number of alkyl halides is 3. The van der Waals surface area contributed by atoms with Gasteiger partial charge in [-0.25, -0.2) is 8.42 Å². The summed E-state index contributed by atoms with van der Waals surface area (Å²) in [5.41, 5.74) is 0.939. The summed E-state index contributed by atoms with van der Waals surface area (Å²) in [6.07, 6.45) is -4.15. The molecular weight excluding hydrogens is 545 g/mol. The maximum absolute atomic E-state index is 13.4. The highest BCUT2D eigenvalue weighted by atomic mass is 35.5. The fraction of sp³-hybridized carbons (Fsp3) is 0.269. The first kappa shape index (κ1) is 28.9. The molecule has 0 aliphatic heterocycles. The number of rotatable bonds is 11. The molecule has 0 saturated carbocycles. The van der Waals surface area contributed by atoms with Crippen LogP contribution in [0.15, 0.2) is 77.7 Å². The van der Waals surface area contributed by atoms with E-state index in [1.54, 1.807) is 17.8 Å². The van der Waals surface area contributed by atoms with Crippen LogP contribution in [0.3, 0.4) is 0 Å². The first-order valence-electron chi connectivity index (χ1n) is 11.3. The van der Waals surface area contributed by atoms with Gasteiger partial charge < -0.3 is 5.32 Å². The van der Waals surface area contributed by atoms with Crippen molar-refractivity contribution in [1.29, 1.82) is 0 Å². The Morgan fingerprint density at radius 2 is 1.70 bits per heavy atom. The Balaban J connectivity index is 1.69. The Labute approximate surface area is 224 Å². The predicted molar refractivity (Wildman–Crippen MR) is 142 cm³/mol. The number of thioether (sulfide) groups is 1. The molecule has 0 bridgehead atoms. The van der Waals surface area contributed by atoms with Crippen molar-refractivity contribution >= 4 is 45.0 Å². The Kier molecular flexibility index (Phi) is 9.92. The van der Waals surface area contributed by atoms with Gasteiger partial charge in [0.1, 0.15) is 6.54 Å². The molecule has 37 heavy (non-hydrogen) atoms. The molecule has 3 rings (SSSR count). The molecule has 0 atom stereocenters. The average Bonchev–Trinajstić information content (AvgIpc) is 2.86. The molecule has 3 aromatic rings. The first-order chi connectivity index (χ1) is 17.5. The van der Waals surface area contributed by atoms with Crippen LogP contribution in [0, 0.1) is 6.92 Å². The van der Waals surface area contributed by atoms with Crippen LogP contribution in [0.2, 0.25) is 5.02 Å². The lowest BCUT2D eigenvalue weighted by Crippen LogP contribution is -2.41. The van der Waals surface area contributed by atoms with Crippen LogP contribution in [0.25, 0.3) is 0 Å². The lowest BCUT2D eigenvalue weighted by molar-refractivity contribution is -0.137. The zero-order chi connectivity index (χ0) is 27.1. The molecule has 11 heteroatoms. The quantitative estimate of drug-likeness (QED) is 0.275. The highest BCUT2D eigenvalue weighted by molar-refractivity contribution is 7.98. The number of carbonyl (C=O) groups is 1. The third-order valence-electron chi connectivity index (χ3n) is 5.47. The molecule has 1 amide bonds. The molecule has 0 unspecified atom stereocenters. The molecule has 0 radical (unpaired) electrons. The van der Waals surface area contributed by atoms with Crippen molar-refractivity contribution in [2.45, 2.75) is 30.2 Å². The minimum Gasteiger partial charge on any atom is -0.354 e. The molecular formula is C26H26ClF3N2O3S2. The summed E-state index contributed by atoms with van der Waals surface area (Å²) < 4.78 is 67.6. The van der Waals surface area contributed by atoms with Crippen LogP contribution < -0.4 is 9.62 Å². The second-order valence-electron chi connectivity index (χ2n) is 8.17. The molecule has 198 valence electrons.